The van der Waals surface area contributed by atoms with Crippen molar-refractivity contribution in [3.63, 3.8) is 0 Å². The summed E-state index contributed by atoms with van der Waals surface area (Å²) >= 11 is 0. The van der Waals surface area contributed by atoms with E-state index in [1.165, 1.54) is 28.6 Å². The van der Waals surface area contributed by atoms with Gasteiger partial charge in [0, 0.05) is 39.1 Å². The zero-order chi connectivity index (χ0) is 21.8. The summed E-state index contributed by atoms with van der Waals surface area (Å²) < 4.78 is 54.3. The number of piperidine rings is 2. The first-order valence-corrected chi connectivity index (χ1v) is 13.5. The molecule has 0 aromatic heterocycles. The molecule has 1 unspecified atom stereocenters. The number of nitrogens with one attached hydrogen (secondary N) is 1. The molecule has 3 rings (SSSR count). The number of benzene rings is 1. The molecule has 2 aliphatic rings. The molecule has 0 spiro atoms. The second kappa shape index (κ2) is 9.76. The van der Waals surface area contributed by atoms with Crippen molar-refractivity contribution in [3.8, 4) is 0 Å². The molecule has 1 aromatic rings. The molecule has 1 atom stereocenters. The van der Waals surface area contributed by atoms with E-state index in [0.717, 1.165) is 45.2 Å². The van der Waals surface area contributed by atoms with Crippen molar-refractivity contribution >= 4 is 26.0 Å². The van der Waals surface area contributed by atoms with E-state index in [-0.39, 0.29) is 28.7 Å². The average Bonchev–Trinajstić information content (AvgIpc) is 2.74. The number of carbonyl (C=O) groups is 1. The minimum absolute atomic E-state index is 0.0138. The van der Waals surface area contributed by atoms with Crippen LogP contribution in [0.4, 0.5) is 0 Å². The standard InChI is InChI=1S/C20H31N3O5S2/c1-17-6-5-13-22(16-17)20(24)11-12-21-29(25,26)18-7-9-19(10-8-18)30(27,28)23-14-3-2-4-15-23/h7-10,17,21H,2-6,11-16H2,1H3. The van der Waals surface area contributed by atoms with Crippen molar-refractivity contribution in [2.45, 2.75) is 55.2 Å². The molecular formula is C20H31N3O5S2. The number of hydrogen-bond donors (Lipinski definition) is 1. The van der Waals surface area contributed by atoms with Gasteiger partial charge in [-0.1, -0.05) is 13.3 Å². The molecule has 2 saturated heterocycles. The van der Waals surface area contributed by atoms with Crippen LogP contribution in [0.25, 0.3) is 0 Å². The Kier molecular flexibility index (Phi) is 7.54. The lowest BCUT2D eigenvalue weighted by molar-refractivity contribution is -0.132. The van der Waals surface area contributed by atoms with E-state index in [1.54, 1.807) is 4.90 Å². The number of amides is 1. The van der Waals surface area contributed by atoms with Crippen LogP contribution in [0.2, 0.25) is 0 Å². The molecule has 10 heteroatoms. The Bertz CT molecular complexity index is 939. The highest BCUT2D eigenvalue weighted by molar-refractivity contribution is 7.89. The van der Waals surface area contributed by atoms with Crippen LogP contribution >= 0.6 is 0 Å². The SMILES string of the molecule is CC1CCCN(C(=O)CCNS(=O)(=O)c2ccc(S(=O)(=O)N3CCCCC3)cc2)C1. The lowest BCUT2D eigenvalue weighted by Crippen LogP contribution is -2.40. The topological polar surface area (TPSA) is 104 Å². The van der Waals surface area contributed by atoms with Crippen molar-refractivity contribution < 1.29 is 21.6 Å². The normalized spacial score (nSPS) is 21.5. The van der Waals surface area contributed by atoms with Gasteiger partial charge in [-0.05, 0) is 55.9 Å². The molecule has 1 N–H and O–H groups in total. The molecule has 0 radical (unpaired) electrons. The van der Waals surface area contributed by atoms with Crippen LogP contribution in [0.15, 0.2) is 34.1 Å². The molecule has 2 aliphatic heterocycles. The first-order chi connectivity index (χ1) is 14.2. The van der Waals surface area contributed by atoms with Crippen molar-refractivity contribution in [1.82, 2.24) is 13.9 Å². The van der Waals surface area contributed by atoms with Crippen molar-refractivity contribution in [1.29, 1.82) is 0 Å². The summed E-state index contributed by atoms with van der Waals surface area (Å²) in [6.07, 6.45) is 4.89. The van der Waals surface area contributed by atoms with E-state index >= 15 is 0 Å². The zero-order valence-corrected chi connectivity index (χ0v) is 19.1. The van der Waals surface area contributed by atoms with Crippen molar-refractivity contribution in [2.24, 2.45) is 5.92 Å². The number of carbonyl (C=O) groups excluding carboxylic acids is 1. The Balaban J connectivity index is 1.57. The Morgan fingerprint density at radius 1 is 0.967 bits per heavy atom. The molecule has 0 aliphatic carbocycles. The zero-order valence-electron chi connectivity index (χ0n) is 17.4. The quantitative estimate of drug-likeness (QED) is 0.672. The van der Waals surface area contributed by atoms with E-state index in [0.29, 0.717) is 19.0 Å². The van der Waals surface area contributed by atoms with E-state index in [9.17, 15) is 21.6 Å². The molecule has 2 fully saturated rings. The average molecular weight is 458 g/mol. The third-order valence-electron chi connectivity index (χ3n) is 5.73. The molecule has 2 heterocycles. The van der Waals surface area contributed by atoms with E-state index < -0.39 is 20.0 Å². The summed E-state index contributed by atoms with van der Waals surface area (Å²) in [5.41, 5.74) is 0. The predicted octanol–water partition coefficient (Wildman–Crippen LogP) is 1.79. The van der Waals surface area contributed by atoms with Crippen molar-refractivity contribution in [3.05, 3.63) is 24.3 Å². The first kappa shape index (κ1) is 23.2. The van der Waals surface area contributed by atoms with Gasteiger partial charge in [-0.25, -0.2) is 21.6 Å². The largest absolute Gasteiger partial charge is 0.342 e. The maximum atomic E-state index is 12.7. The van der Waals surface area contributed by atoms with Gasteiger partial charge in [-0.3, -0.25) is 4.79 Å². The molecule has 168 valence electrons. The van der Waals surface area contributed by atoms with Crippen LogP contribution in [0.5, 0.6) is 0 Å². The van der Waals surface area contributed by atoms with Crippen LogP contribution in [0.3, 0.4) is 0 Å². The highest BCUT2D eigenvalue weighted by Crippen LogP contribution is 2.22. The third kappa shape index (κ3) is 5.60. The summed E-state index contributed by atoms with van der Waals surface area (Å²) in [7, 11) is -7.42. The van der Waals surface area contributed by atoms with Gasteiger partial charge in [-0.15, -0.1) is 0 Å². The Labute approximate surface area is 179 Å². The van der Waals surface area contributed by atoms with E-state index in [1.807, 2.05) is 0 Å². The summed E-state index contributed by atoms with van der Waals surface area (Å²) in [6.45, 7) is 4.56. The molecule has 1 amide bonds. The van der Waals surface area contributed by atoms with Gasteiger partial charge in [0.2, 0.25) is 26.0 Å². The molecule has 0 saturated carbocycles. The maximum absolute atomic E-state index is 12.7. The van der Waals surface area contributed by atoms with E-state index in [4.69, 9.17) is 0 Å². The molecule has 8 nitrogen and oxygen atoms in total. The van der Waals surface area contributed by atoms with Crippen molar-refractivity contribution in [2.75, 3.05) is 32.7 Å². The van der Waals surface area contributed by atoms with Gasteiger partial charge in [-0.2, -0.15) is 4.31 Å². The lowest BCUT2D eigenvalue weighted by atomic mass is 10.0. The summed E-state index contributed by atoms with van der Waals surface area (Å²) in [5, 5.41) is 0. The smallest absolute Gasteiger partial charge is 0.243 e. The van der Waals surface area contributed by atoms with Crippen LogP contribution in [-0.2, 0) is 24.8 Å². The van der Waals surface area contributed by atoms with Crippen LogP contribution in [-0.4, -0.2) is 64.7 Å². The van der Waals surface area contributed by atoms with Crippen LogP contribution < -0.4 is 4.72 Å². The fourth-order valence-corrected chi connectivity index (χ4v) is 6.54. The minimum atomic E-state index is -3.81. The van der Waals surface area contributed by atoms with Gasteiger partial charge in [0.05, 0.1) is 9.79 Å². The molecule has 30 heavy (non-hydrogen) atoms. The number of rotatable bonds is 7. The Hall–Kier alpha value is -1.49. The Morgan fingerprint density at radius 3 is 2.23 bits per heavy atom. The van der Waals surface area contributed by atoms with Gasteiger partial charge >= 0.3 is 0 Å². The maximum Gasteiger partial charge on any atom is 0.243 e. The van der Waals surface area contributed by atoms with Gasteiger partial charge in [0.1, 0.15) is 0 Å². The number of hydrogen-bond acceptors (Lipinski definition) is 5. The Morgan fingerprint density at radius 2 is 1.60 bits per heavy atom. The third-order valence-corrected chi connectivity index (χ3v) is 9.12. The number of sulfonamides is 2. The number of nitrogens with zero attached hydrogens (tertiary/aromatic N) is 2. The van der Waals surface area contributed by atoms with Crippen LogP contribution in [0.1, 0.15) is 45.4 Å². The first-order valence-electron chi connectivity index (χ1n) is 10.6. The molecule has 1 aromatic carbocycles. The molecular weight excluding hydrogens is 426 g/mol. The summed E-state index contributed by atoms with van der Waals surface area (Å²) in [4.78, 5) is 14.2. The fourth-order valence-electron chi connectivity index (χ4n) is 3.99. The highest BCUT2D eigenvalue weighted by Gasteiger charge is 2.26. The summed E-state index contributed by atoms with van der Waals surface area (Å²) in [5.74, 6) is 0.423. The second-order valence-electron chi connectivity index (χ2n) is 8.17. The summed E-state index contributed by atoms with van der Waals surface area (Å²) in [6, 6.07) is 5.26. The highest BCUT2D eigenvalue weighted by atomic mass is 32.2. The number of likely N-dealkylation sites (tertiary alicyclic amines) is 1. The van der Waals surface area contributed by atoms with E-state index in [2.05, 4.69) is 11.6 Å². The van der Waals surface area contributed by atoms with Gasteiger partial charge < -0.3 is 4.90 Å². The fraction of sp³-hybridized carbons (Fsp3) is 0.650. The minimum Gasteiger partial charge on any atom is -0.342 e. The van der Waals surface area contributed by atoms with Gasteiger partial charge in [0.15, 0.2) is 0 Å². The lowest BCUT2D eigenvalue weighted by Gasteiger charge is -2.31. The monoisotopic (exact) mass is 457 g/mol. The molecule has 0 bridgehead atoms. The van der Waals surface area contributed by atoms with Crippen LogP contribution in [0, 0.1) is 5.92 Å². The second-order valence-corrected chi connectivity index (χ2v) is 11.9. The van der Waals surface area contributed by atoms with Gasteiger partial charge in [0.25, 0.3) is 0 Å². The predicted molar refractivity (Wildman–Crippen MR) is 114 cm³/mol.